The molecular weight excluding hydrogens is 379 g/mol. The highest BCUT2D eigenvalue weighted by Crippen LogP contribution is 2.72. The summed E-state index contributed by atoms with van der Waals surface area (Å²) in [5.41, 5.74) is 0.652. The maximum atomic E-state index is 15.0. The van der Waals surface area contributed by atoms with Crippen molar-refractivity contribution in [1.82, 2.24) is 9.55 Å². The van der Waals surface area contributed by atoms with Crippen molar-refractivity contribution in [1.29, 1.82) is 0 Å². The maximum absolute atomic E-state index is 15.0. The first-order valence-electron chi connectivity index (χ1n) is 9.21. The molecule has 29 heavy (non-hydrogen) atoms. The predicted octanol–water partition coefficient (Wildman–Crippen LogP) is 3.31. The summed E-state index contributed by atoms with van der Waals surface area (Å²) in [6, 6.07) is 8.76. The Kier molecular flexibility index (Phi) is 3.45. The molecule has 3 aromatic rings. The van der Waals surface area contributed by atoms with Crippen LogP contribution in [0.3, 0.4) is 0 Å². The Labute approximate surface area is 165 Å². The number of carbonyl (C=O) groups is 1. The Hall–Kier alpha value is -3.29. The molecule has 0 atom stereocenters. The molecule has 1 aromatic heterocycles. The molecule has 0 radical (unpaired) electrons. The molecule has 0 unspecified atom stereocenters. The second-order valence-electron chi connectivity index (χ2n) is 7.92. The minimum absolute atomic E-state index is 0.0187. The van der Waals surface area contributed by atoms with Crippen molar-refractivity contribution in [3.8, 4) is 28.6 Å². The van der Waals surface area contributed by atoms with E-state index < -0.39 is 22.7 Å². The van der Waals surface area contributed by atoms with E-state index in [9.17, 15) is 19.4 Å². The van der Waals surface area contributed by atoms with Crippen LogP contribution in [0.25, 0.3) is 22.4 Å². The molecule has 7 nitrogen and oxygen atoms in total. The Balaban J connectivity index is 1.71. The molecule has 0 saturated heterocycles. The van der Waals surface area contributed by atoms with E-state index in [1.807, 2.05) is 28.8 Å². The summed E-state index contributed by atoms with van der Waals surface area (Å²) >= 11 is 0. The average Bonchev–Trinajstić information content (AvgIpc) is 3.03. The number of phenols is 2. The van der Waals surface area contributed by atoms with Crippen LogP contribution < -0.4 is 4.74 Å². The monoisotopic (exact) mass is 398 g/mol. The van der Waals surface area contributed by atoms with E-state index in [-0.39, 0.29) is 22.8 Å². The lowest BCUT2D eigenvalue weighted by molar-refractivity contribution is -0.215. The van der Waals surface area contributed by atoms with Gasteiger partial charge < -0.3 is 24.3 Å². The van der Waals surface area contributed by atoms with Crippen molar-refractivity contribution in [3.05, 3.63) is 36.1 Å². The number of para-hydroxylation sites is 2. The number of esters is 1. The number of ether oxygens (including phenoxy) is 2. The van der Waals surface area contributed by atoms with E-state index in [4.69, 9.17) is 9.47 Å². The van der Waals surface area contributed by atoms with Crippen LogP contribution >= 0.6 is 0 Å². The van der Waals surface area contributed by atoms with Gasteiger partial charge in [0.1, 0.15) is 5.82 Å². The molecule has 3 aliphatic rings. The molecule has 3 aliphatic carbocycles. The van der Waals surface area contributed by atoms with Gasteiger partial charge in [-0.25, -0.2) is 9.37 Å². The summed E-state index contributed by atoms with van der Waals surface area (Å²) in [6.45, 7) is 0. The number of carbonyl (C=O) groups excluding carboxylic acids is 1. The first kappa shape index (κ1) is 17.8. The minimum atomic E-state index is -0.978. The molecule has 8 heteroatoms. The zero-order valence-corrected chi connectivity index (χ0v) is 15.9. The highest BCUT2D eigenvalue weighted by Gasteiger charge is 2.74. The molecule has 3 fully saturated rings. The summed E-state index contributed by atoms with van der Waals surface area (Å²) in [5.74, 6) is -2.49. The lowest BCUT2D eigenvalue weighted by Crippen LogP contribution is -2.70. The zero-order valence-electron chi connectivity index (χ0n) is 15.9. The number of hydrogen-bond donors (Lipinski definition) is 2. The molecule has 2 bridgehead atoms. The van der Waals surface area contributed by atoms with Gasteiger partial charge in [0, 0.05) is 5.54 Å². The Morgan fingerprint density at radius 3 is 2.52 bits per heavy atom. The minimum Gasteiger partial charge on any atom is -0.502 e. The highest BCUT2D eigenvalue weighted by molar-refractivity contribution is 5.86. The third kappa shape index (κ3) is 2.11. The van der Waals surface area contributed by atoms with Gasteiger partial charge in [0.25, 0.3) is 0 Å². The fraction of sp³-hybridized carbons (Fsp3) is 0.333. The third-order valence-electron chi connectivity index (χ3n) is 6.29. The van der Waals surface area contributed by atoms with Crippen LogP contribution in [0.5, 0.6) is 17.2 Å². The van der Waals surface area contributed by atoms with Gasteiger partial charge in [0.15, 0.2) is 17.3 Å². The number of rotatable bonds is 4. The smallest absolute Gasteiger partial charge is 0.312 e. The quantitative estimate of drug-likeness (QED) is 0.517. The Morgan fingerprint density at radius 1 is 1.17 bits per heavy atom. The zero-order chi connectivity index (χ0) is 20.6. The fourth-order valence-electron chi connectivity index (χ4n) is 5.02. The van der Waals surface area contributed by atoms with Crippen LogP contribution in [0.15, 0.2) is 30.3 Å². The van der Waals surface area contributed by atoms with E-state index in [0.29, 0.717) is 30.6 Å². The Bertz CT molecular complexity index is 1170. The summed E-state index contributed by atoms with van der Waals surface area (Å²) in [6.07, 6.45) is 1.76. The maximum Gasteiger partial charge on any atom is 0.312 e. The second-order valence-corrected chi connectivity index (χ2v) is 7.92. The normalized spacial score (nSPS) is 24.7. The van der Waals surface area contributed by atoms with Crippen LogP contribution in [-0.2, 0) is 15.1 Å². The molecule has 0 aliphatic heterocycles. The number of imidazole rings is 1. The number of methoxy groups -OCH3 is 2. The average molecular weight is 398 g/mol. The number of benzene rings is 2. The molecule has 0 spiro atoms. The fourth-order valence-corrected chi connectivity index (χ4v) is 5.02. The van der Waals surface area contributed by atoms with Gasteiger partial charge >= 0.3 is 5.97 Å². The topological polar surface area (TPSA) is 93.8 Å². The largest absolute Gasteiger partial charge is 0.502 e. The van der Waals surface area contributed by atoms with Crippen molar-refractivity contribution < 1.29 is 28.9 Å². The molecule has 3 saturated carbocycles. The number of fused-ring (bicyclic) bond motifs is 1. The molecule has 150 valence electrons. The van der Waals surface area contributed by atoms with E-state index in [1.54, 1.807) is 0 Å². The lowest BCUT2D eigenvalue weighted by Gasteiger charge is -2.69. The van der Waals surface area contributed by atoms with E-state index in [0.717, 1.165) is 5.52 Å². The van der Waals surface area contributed by atoms with Crippen molar-refractivity contribution in [2.45, 2.75) is 24.8 Å². The van der Waals surface area contributed by atoms with Crippen LogP contribution in [0.4, 0.5) is 4.39 Å². The number of phenolic OH excluding ortho intramolecular Hbond substituents is 2. The summed E-state index contributed by atoms with van der Waals surface area (Å²) in [4.78, 5) is 16.7. The molecule has 1 heterocycles. The summed E-state index contributed by atoms with van der Waals surface area (Å²) in [7, 11) is 2.70. The van der Waals surface area contributed by atoms with E-state index in [2.05, 4.69) is 4.98 Å². The SMILES string of the molecule is COC(=O)C12CC(n3c(-c4cc(OC)c(O)c(O)c4F)nc4ccccc43)(C1)C2. The van der Waals surface area contributed by atoms with Gasteiger partial charge in [-0.1, -0.05) is 12.1 Å². The van der Waals surface area contributed by atoms with Gasteiger partial charge in [-0.15, -0.1) is 0 Å². The lowest BCUT2D eigenvalue weighted by atomic mass is 9.39. The van der Waals surface area contributed by atoms with Crippen molar-refractivity contribution in [2.24, 2.45) is 5.41 Å². The standard InChI is InChI=1S/C21H19FN2O5/c1-28-14-7-11(15(22)17(26)16(14)25)18-23-12-5-3-4-6-13(12)24(18)21-8-20(9-21,10-21)19(27)29-2/h3-7,25-26H,8-10H2,1-2H3. The highest BCUT2D eigenvalue weighted by atomic mass is 19.1. The number of hydrogen-bond acceptors (Lipinski definition) is 6. The van der Waals surface area contributed by atoms with Gasteiger partial charge in [0.05, 0.1) is 36.2 Å². The van der Waals surface area contributed by atoms with Gasteiger partial charge in [-0.2, -0.15) is 0 Å². The first-order valence-corrected chi connectivity index (χ1v) is 9.21. The molecule has 0 amide bonds. The molecule has 6 rings (SSSR count). The third-order valence-corrected chi connectivity index (χ3v) is 6.29. The van der Waals surface area contributed by atoms with E-state index in [1.165, 1.54) is 20.3 Å². The van der Waals surface area contributed by atoms with Crippen molar-refractivity contribution in [3.63, 3.8) is 0 Å². The van der Waals surface area contributed by atoms with E-state index >= 15 is 0 Å². The first-order chi connectivity index (χ1) is 13.9. The van der Waals surface area contributed by atoms with Crippen LogP contribution in [0.2, 0.25) is 0 Å². The Morgan fingerprint density at radius 2 is 1.86 bits per heavy atom. The number of aromatic hydroxyl groups is 2. The van der Waals surface area contributed by atoms with Gasteiger partial charge in [-0.3, -0.25) is 4.79 Å². The second kappa shape index (κ2) is 5.62. The number of nitrogens with zero attached hydrogens (tertiary/aromatic N) is 2. The molecular formula is C21H19FN2O5. The van der Waals surface area contributed by atoms with Crippen LogP contribution in [-0.4, -0.2) is 40.0 Å². The number of halogens is 1. The van der Waals surface area contributed by atoms with Crippen molar-refractivity contribution >= 4 is 17.0 Å². The number of aromatic nitrogens is 2. The molecule has 2 aromatic carbocycles. The van der Waals surface area contributed by atoms with Gasteiger partial charge in [0.2, 0.25) is 5.75 Å². The van der Waals surface area contributed by atoms with Crippen molar-refractivity contribution in [2.75, 3.05) is 14.2 Å². The molecule has 2 N–H and O–H groups in total. The predicted molar refractivity (Wildman–Crippen MR) is 101 cm³/mol. The van der Waals surface area contributed by atoms with Gasteiger partial charge in [-0.05, 0) is 37.5 Å². The summed E-state index contributed by atoms with van der Waals surface area (Å²) < 4.78 is 26.9. The van der Waals surface area contributed by atoms with Crippen LogP contribution in [0.1, 0.15) is 19.3 Å². The summed E-state index contributed by atoms with van der Waals surface area (Å²) in [5, 5.41) is 20.0. The van der Waals surface area contributed by atoms with Crippen LogP contribution in [0, 0.1) is 11.2 Å².